The summed E-state index contributed by atoms with van der Waals surface area (Å²) >= 11 is 0. The largest absolute Gasteiger partial charge is 0.350 e. The molecule has 0 atom stereocenters. The number of halogens is 2. The molecular formula is C12H15F2N7. The second kappa shape index (κ2) is 6.27. The standard InChI is InChI=1S/C12H15F2N7/c1-21(2)12-18-10(17-11(19-12)20-15)16-6-7-5-8(13)3-4-9(7)14/h3-5H,6,15H2,1-2H3,(H2,16,17,18,19,20). The second-order valence-electron chi connectivity index (χ2n) is 4.41. The fourth-order valence-corrected chi connectivity index (χ4v) is 1.56. The SMILES string of the molecule is CN(C)c1nc(NN)nc(NCc2cc(F)ccc2F)n1. The highest BCUT2D eigenvalue weighted by atomic mass is 19.1. The van der Waals surface area contributed by atoms with Crippen molar-refractivity contribution < 1.29 is 8.78 Å². The Morgan fingerprint density at radius 1 is 1.14 bits per heavy atom. The fourth-order valence-electron chi connectivity index (χ4n) is 1.56. The van der Waals surface area contributed by atoms with Gasteiger partial charge in [0.05, 0.1) is 0 Å². The van der Waals surface area contributed by atoms with Crippen molar-refractivity contribution in [3.8, 4) is 0 Å². The van der Waals surface area contributed by atoms with E-state index >= 15 is 0 Å². The minimum absolute atomic E-state index is 0.0322. The number of nitrogens with two attached hydrogens (primary N) is 1. The van der Waals surface area contributed by atoms with Crippen LogP contribution in [-0.2, 0) is 6.54 Å². The van der Waals surface area contributed by atoms with Crippen LogP contribution in [0.1, 0.15) is 5.56 Å². The zero-order chi connectivity index (χ0) is 15.4. The number of nitrogens with one attached hydrogen (secondary N) is 2. The minimum Gasteiger partial charge on any atom is -0.350 e. The summed E-state index contributed by atoms with van der Waals surface area (Å²) in [5.41, 5.74) is 2.49. The van der Waals surface area contributed by atoms with Gasteiger partial charge in [-0.2, -0.15) is 15.0 Å². The maximum absolute atomic E-state index is 13.5. The van der Waals surface area contributed by atoms with E-state index in [1.54, 1.807) is 19.0 Å². The topological polar surface area (TPSA) is 92.0 Å². The van der Waals surface area contributed by atoms with E-state index < -0.39 is 11.6 Å². The molecule has 2 rings (SSSR count). The zero-order valence-corrected chi connectivity index (χ0v) is 11.6. The average Bonchev–Trinajstić information content (AvgIpc) is 2.47. The molecule has 0 bridgehead atoms. The number of hydrogen-bond donors (Lipinski definition) is 3. The van der Waals surface area contributed by atoms with Crippen LogP contribution in [0.25, 0.3) is 0 Å². The van der Waals surface area contributed by atoms with Crippen LogP contribution in [0.15, 0.2) is 18.2 Å². The monoisotopic (exact) mass is 295 g/mol. The molecule has 0 spiro atoms. The average molecular weight is 295 g/mol. The van der Waals surface area contributed by atoms with Crippen LogP contribution in [0.5, 0.6) is 0 Å². The predicted octanol–water partition coefficient (Wildman–Crippen LogP) is 1.11. The Bertz CT molecular complexity index is 633. The molecule has 4 N–H and O–H groups in total. The molecule has 0 unspecified atom stereocenters. The molecule has 0 saturated heterocycles. The lowest BCUT2D eigenvalue weighted by Crippen LogP contribution is -2.19. The Labute approximate surface area is 120 Å². The summed E-state index contributed by atoms with van der Waals surface area (Å²) in [4.78, 5) is 13.8. The molecular weight excluding hydrogens is 280 g/mol. The van der Waals surface area contributed by atoms with Gasteiger partial charge in [-0.3, -0.25) is 5.43 Å². The van der Waals surface area contributed by atoms with Crippen LogP contribution in [0.3, 0.4) is 0 Å². The normalized spacial score (nSPS) is 10.3. The first-order valence-corrected chi connectivity index (χ1v) is 6.07. The van der Waals surface area contributed by atoms with Crippen LogP contribution in [0.4, 0.5) is 26.6 Å². The Kier molecular flexibility index (Phi) is 4.43. The lowest BCUT2D eigenvalue weighted by atomic mass is 10.2. The molecule has 0 aliphatic rings. The molecule has 9 heteroatoms. The number of aromatic nitrogens is 3. The third-order valence-corrected chi connectivity index (χ3v) is 2.60. The Balaban J connectivity index is 2.19. The molecule has 0 amide bonds. The van der Waals surface area contributed by atoms with Gasteiger partial charge >= 0.3 is 0 Å². The number of hydrogen-bond acceptors (Lipinski definition) is 7. The van der Waals surface area contributed by atoms with Crippen LogP contribution >= 0.6 is 0 Å². The number of benzene rings is 1. The lowest BCUT2D eigenvalue weighted by Gasteiger charge is -2.13. The van der Waals surface area contributed by atoms with Crippen LogP contribution in [0.2, 0.25) is 0 Å². The Hall–Kier alpha value is -2.55. The molecule has 7 nitrogen and oxygen atoms in total. The molecule has 1 aromatic carbocycles. The van der Waals surface area contributed by atoms with Crippen molar-refractivity contribution in [3.05, 3.63) is 35.4 Å². The maximum atomic E-state index is 13.5. The highest BCUT2D eigenvalue weighted by molar-refractivity contribution is 5.42. The first-order chi connectivity index (χ1) is 9.99. The van der Waals surface area contributed by atoms with E-state index in [0.717, 1.165) is 18.2 Å². The lowest BCUT2D eigenvalue weighted by molar-refractivity contribution is 0.587. The highest BCUT2D eigenvalue weighted by Gasteiger charge is 2.09. The van der Waals surface area contributed by atoms with Gasteiger partial charge in [-0.1, -0.05) is 0 Å². The van der Waals surface area contributed by atoms with Gasteiger partial charge in [-0.05, 0) is 18.2 Å². The van der Waals surface area contributed by atoms with E-state index in [1.807, 2.05) is 0 Å². The van der Waals surface area contributed by atoms with Crippen molar-refractivity contribution >= 4 is 17.8 Å². The molecule has 21 heavy (non-hydrogen) atoms. The van der Waals surface area contributed by atoms with Gasteiger partial charge in [0, 0.05) is 26.2 Å². The molecule has 1 heterocycles. The maximum Gasteiger partial charge on any atom is 0.243 e. The van der Waals surface area contributed by atoms with Crippen molar-refractivity contribution in [2.24, 2.45) is 5.84 Å². The summed E-state index contributed by atoms with van der Waals surface area (Å²) in [7, 11) is 3.51. The minimum atomic E-state index is -0.512. The van der Waals surface area contributed by atoms with Gasteiger partial charge < -0.3 is 10.2 Å². The van der Waals surface area contributed by atoms with Gasteiger partial charge in [0.15, 0.2) is 0 Å². The molecule has 0 saturated carbocycles. The third-order valence-electron chi connectivity index (χ3n) is 2.60. The number of nitrogen functional groups attached to an aromatic ring is 1. The molecule has 0 aliphatic heterocycles. The van der Waals surface area contributed by atoms with E-state index in [0.29, 0.717) is 5.95 Å². The number of hydrazine groups is 1. The summed E-state index contributed by atoms with van der Waals surface area (Å²) in [5, 5.41) is 2.81. The number of rotatable bonds is 5. The van der Waals surface area contributed by atoms with Gasteiger partial charge in [0.25, 0.3) is 0 Å². The van der Waals surface area contributed by atoms with Crippen LogP contribution < -0.4 is 21.5 Å². The molecule has 0 aliphatic carbocycles. The summed E-state index contributed by atoms with van der Waals surface area (Å²) in [6, 6.07) is 3.23. The summed E-state index contributed by atoms with van der Waals surface area (Å²) in [5.74, 6) is 4.99. The van der Waals surface area contributed by atoms with Crippen molar-refractivity contribution in [2.45, 2.75) is 6.54 Å². The molecule has 0 radical (unpaired) electrons. The summed E-state index contributed by atoms with van der Waals surface area (Å²) in [6.45, 7) is 0.0322. The molecule has 112 valence electrons. The van der Waals surface area contributed by atoms with E-state index in [1.165, 1.54) is 0 Å². The quantitative estimate of drug-likeness (QED) is 0.562. The van der Waals surface area contributed by atoms with Gasteiger partial charge in [0.2, 0.25) is 17.8 Å². The van der Waals surface area contributed by atoms with Gasteiger partial charge in [-0.15, -0.1) is 0 Å². The van der Waals surface area contributed by atoms with E-state index in [9.17, 15) is 8.78 Å². The number of nitrogens with zero attached hydrogens (tertiary/aromatic N) is 4. The summed E-state index contributed by atoms with van der Waals surface area (Å²) < 4.78 is 26.6. The first kappa shape index (κ1) is 14.9. The van der Waals surface area contributed by atoms with Crippen LogP contribution in [0, 0.1) is 11.6 Å². The van der Waals surface area contributed by atoms with Gasteiger partial charge in [0.1, 0.15) is 11.6 Å². The van der Waals surface area contributed by atoms with Crippen LogP contribution in [-0.4, -0.2) is 29.0 Å². The Morgan fingerprint density at radius 3 is 2.52 bits per heavy atom. The fraction of sp³-hybridized carbons (Fsp3) is 0.250. The number of anilines is 3. The summed E-state index contributed by atoms with van der Waals surface area (Å²) in [6.07, 6.45) is 0. The van der Waals surface area contributed by atoms with Crippen molar-refractivity contribution in [2.75, 3.05) is 29.7 Å². The van der Waals surface area contributed by atoms with E-state index in [-0.39, 0.29) is 24.0 Å². The molecule has 2 aromatic rings. The van der Waals surface area contributed by atoms with Crippen molar-refractivity contribution in [1.82, 2.24) is 15.0 Å². The van der Waals surface area contributed by atoms with E-state index in [2.05, 4.69) is 25.7 Å². The smallest absolute Gasteiger partial charge is 0.243 e. The van der Waals surface area contributed by atoms with Crippen molar-refractivity contribution in [1.29, 1.82) is 0 Å². The highest BCUT2D eigenvalue weighted by Crippen LogP contribution is 2.14. The first-order valence-electron chi connectivity index (χ1n) is 6.07. The second-order valence-corrected chi connectivity index (χ2v) is 4.41. The zero-order valence-electron chi connectivity index (χ0n) is 11.6. The van der Waals surface area contributed by atoms with Gasteiger partial charge in [-0.25, -0.2) is 14.6 Å². The van der Waals surface area contributed by atoms with Crippen molar-refractivity contribution in [3.63, 3.8) is 0 Å². The molecule has 0 fully saturated rings. The van der Waals surface area contributed by atoms with E-state index in [4.69, 9.17) is 5.84 Å². The molecule has 1 aromatic heterocycles. The third kappa shape index (κ3) is 3.72. The Morgan fingerprint density at radius 2 is 1.86 bits per heavy atom. The predicted molar refractivity (Wildman–Crippen MR) is 75.6 cm³/mol.